The van der Waals surface area contributed by atoms with E-state index >= 15 is 0 Å². The van der Waals surface area contributed by atoms with Crippen LogP contribution in [0.15, 0.2) is 22.7 Å². The zero-order chi connectivity index (χ0) is 11.8. The Labute approximate surface area is 102 Å². The van der Waals surface area contributed by atoms with Crippen LogP contribution >= 0.6 is 11.6 Å². The van der Waals surface area contributed by atoms with Gasteiger partial charge in [-0.3, -0.25) is 0 Å². The second-order valence-electron chi connectivity index (χ2n) is 3.67. The highest BCUT2D eigenvalue weighted by Crippen LogP contribution is 2.38. The Balaban J connectivity index is 2.18. The lowest BCUT2D eigenvalue weighted by Crippen LogP contribution is -2.12. The number of nitrogen functional groups attached to an aromatic ring is 1. The highest BCUT2D eigenvalue weighted by Gasteiger charge is 2.19. The van der Waals surface area contributed by atoms with E-state index in [4.69, 9.17) is 31.3 Å². The van der Waals surface area contributed by atoms with E-state index in [0.29, 0.717) is 23.1 Å². The van der Waals surface area contributed by atoms with E-state index in [-0.39, 0.29) is 12.7 Å². The number of halogens is 1. The molecule has 0 saturated carbocycles. The third-order valence-electron chi connectivity index (χ3n) is 2.48. The van der Waals surface area contributed by atoms with Crippen LogP contribution in [0.4, 0.5) is 5.88 Å². The molecule has 2 heterocycles. The van der Waals surface area contributed by atoms with Gasteiger partial charge in [-0.05, 0) is 12.1 Å². The standard InChI is InChI=1S/C11H9ClN2O3/c12-7-1-6-4-15-5-16-11(6)8(2-7)9-3-10(13)17-14-9/h1-3H,4-5,13H2. The third kappa shape index (κ3) is 1.83. The normalized spacial score (nSPS) is 14.2. The van der Waals surface area contributed by atoms with Crippen LogP contribution in [0.25, 0.3) is 11.3 Å². The number of hydrogen-bond acceptors (Lipinski definition) is 5. The highest BCUT2D eigenvalue weighted by atomic mass is 35.5. The molecular formula is C11H9ClN2O3. The molecule has 1 aromatic carbocycles. The molecule has 0 atom stereocenters. The monoisotopic (exact) mass is 252 g/mol. The molecule has 1 aliphatic heterocycles. The summed E-state index contributed by atoms with van der Waals surface area (Å²) in [5.41, 5.74) is 7.75. The van der Waals surface area contributed by atoms with Crippen molar-refractivity contribution in [2.45, 2.75) is 6.61 Å². The number of aromatic nitrogens is 1. The van der Waals surface area contributed by atoms with Gasteiger partial charge >= 0.3 is 0 Å². The van der Waals surface area contributed by atoms with Crippen molar-refractivity contribution in [3.8, 4) is 17.0 Å². The summed E-state index contributed by atoms with van der Waals surface area (Å²) in [6.07, 6.45) is 0. The lowest BCUT2D eigenvalue weighted by atomic mass is 10.1. The zero-order valence-corrected chi connectivity index (χ0v) is 9.53. The first-order valence-corrected chi connectivity index (χ1v) is 5.37. The minimum atomic E-state index is 0.217. The molecule has 2 N–H and O–H groups in total. The fourth-order valence-corrected chi connectivity index (χ4v) is 2.03. The quantitative estimate of drug-likeness (QED) is 0.844. The van der Waals surface area contributed by atoms with Crippen molar-refractivity contribution in [2.75, 3.05) is 12.5 Å². The first-order chi connectivity index (χ1) is 8.24. The molecule has 0 radical (unpaired) electrons. The van der Waals surface area contributed by atoms with Gasteiger partial charge in [0.05, 0.1) is 6.61 Å². The summed E-state index contributed by atoms with van der Waals surface area (Å²) in [5.74, 6) is 0.967. The number of hydrogen-bond donors (Lipinski definition) is 1. The number of fused-ring (bicyclic) bond motifs is 1. The summed E-state index contributed by atoms with van der Waals surface area (Å²) in [5, 5.41) is 4.45. The van der Waals surface area contributed by atoms with E-state index < -0.39 is 0 Å². The molecule has 3 rings (SSSR count). The fourth-order valence-electron chi connectivity index (χ4n) is 1.79. The predicted octanol–water partition coefficient (Wildman–Crippen LogP) is 2.44. The van der Waals surface area contributed by atoms with Crippen molar-refractivity contribution in [1.29, 1.82) is 0 Å². The van der Waals surface area contributed by atoms with Crippen LogP contribution in [0, 0.1) is 0 Å². The minimum absolute atomic E-state index is 0.217. The van der Waals surface area contributed by atoms with Crippen molar-refractivity contribution in [1.82, 2.24) is 5.16 Å². The van der Waals surface area contributed by atoms with Crippen LogP contribution < -0.4 is 10.5 Å². The molecule has 0 unspecified atom stereocenters. The van der Waals surface area contributed by atoms with Crippen molar-refractivity contribution >= 4 is 17.5 Å². The SMILES string of the molecule is Nc1cc(-c2cc(Cl)cc3c2OCOC3)no1. The van der Waals surface area contributed by atoms with Crippen molar-refractivity contribution in [2.24, 2.45) is 0 Å². The molecule has 6 heteroatoms. The molecule has 5 nitrogen and oxygen atoms in total. The van der Waals surface area contributed by atoms with Gasteiger partial charge in [-0.2, -0.15) is 0 Å². The van der Waals surface area contributed by atoms with Gasteiger partial charge in [-0.25, -0.2) is 0 Å². The van der Waals surface area contributed by atoms with E-state index in [1.54, 1.807) is 12.1 Å². The van der Waals surface area contributed by atoms with Gasteiger partial charge in [0.15, 0.2) is 6.79 Å². The Kier molecular flexibility index (Phi) is 2.42. The van der Waals surface area contributed by atoms with Gasteiger partial charge in [0.2, 0.25) is 5.88 Å². The molecule has 0 spiro atoms. The van der Waals surface area contributed by atoms with Crippen molar-refractivity contribution < 1.29 is 14.0 Å². The van der Waals surface area contributed by atoms with Gasteiger partial charge in [-0.15, -0.1) is 0 Å². The van der Waals surface area contributed by atoms with Crippen molar-refractivity contribution in [3.05, 3.63) is 28.8 Å². The van der Waals surface area contributed by atoms with Gasteiger partial charge in [0, 0.05) is 22.2 Å². The van der Waals surface area contributed by atoms with Gasteiger partial charge in [-0.1, -0.05) is 16.8 Å². The first kappa shape index (κ1) is 10.4. The Morgan fingerprint density at radius 3 is 2.94 bits per heavy atom. The molecule has 0 amide bonds. The van der Waals surface area contributed by atoms with Gasteiger partial charge in [0.25, 0.3) is 0 Å². The number of ether oxygens (including phenoxy) is 2. The number of rotatable bonds is 1. The molecule has 0 bridgehead atoms. The summed E-state index contributed by atoms with van der Waals surface area (Å²) in [6.45, 7) is 0.686. The number of benzene rings is 1. The van der Waals surface area contributed by atoms with Crippen LogP contribution in [0.3, 0.4) is 0 Å². The first-order valence-electron chi connectivity index (χ1n) is 4.99. The topological polar surface area (TPSA) is 70.5 Å². The summed E-state index contributed by atoms with van der Waals surface area (Å²) >= 11 is 6.04. The molecule has 0 fully saturated rings. The smallest absolute Gasteiger partial charge is 0.222 e. The maximum atomic E-state index is 6.04. The van der Waals surface area contributed by atoms with Crippen molar-refractivity contribution in [3.63, 3.8) is 0 Å². The third-order valence-corrected chi connectivity index (χ3v) is 2.70. The van der Waals surface area contributed by atoms with Crippen LogP contribution in [0.2, 0.25) is 5.02 Å². The number of nitrogens with zero attached hydrogens (tertiary/aromatic N) is 1. The second kappa shape index (κ2) is 3.94. The van der Waals surface area contributed by atoms with Crippen LogP contribution in [0.5, 0.6) is 5.75 Å². The summed E-state index contributed by atoms with van der Waals surface area (Å²) in [4.78, 5) is 0. The van der Waals surface area contributed by atoms with Gasteiger partial charge in [0.1, 0.15) is 11.4 Å². The summed E-state index contributed by atoms with van der Waals surface area (Å²) in [6, 6.07) is 5.21. The maximum Gasteiger partial charge on any atom is 0.222 e. The zero-order valence-electron chi connectivity index (χ0n) is 8.77. The average Bonchev–Trinajstić information content (AvgIpc) is 2.74. The Hall–Kier alpha value is -1.72. The molecule has 17 heavy (non-hydrogen) atoms. The van der Waals surface area contributed by atoms with E-state index in [1.807, 2.05) is 6.07 Å². The number of anilines is 1. The molecule has 2 aromatic rings. The van der Waals surface area contributed by atoms with E-state index in [1.165, 1.54) is 0 Å². The summed E-state index contributed by atoms with van der Waals surface area (Å²) in [7, 11) is 0. The van der Waals surface area contributed by atoms with Gasteiger partial charge < -0.3 is 19.7 Å². The molecular weight excluding hydrogens is 244 g/mol. The summed E-state index contributed by atoms with van der Waals surface area (Å²) < 4.78 is 15.5. The Morgan fingerprint density at radius 2 is 2.18 bits per heavy atom. The molecule has 0 aliphatic carbocycles. The predicted molar refractivity (Wildman–Crippen MR) is 61.6 cm³/mol. The lowest BCUT2D eigenvalue weighted by Gasteiger charge is -2.20. The van der Waals surface area contributed by atoms with E-state index in [2.05, 4.69) is 5.16 Å². The lowest BCUT2D eigenvalue weighted by molar-refractivity contribution is -0.0159. The fraction of sp³-hybridized carbons (Fsp3) is 0.182. The molecule has 1 aliphatic rings. The Morgan fingerprint density at radius 1 is 1.29 bits per heavy atom. The molecule has 0 saturated heterocycles. The minimum Gasteiger partial charge on any atom is -0.466 e. The maximum absolute atomic E-state index is 6.04. The second-order valence-corrected chi connectivity index (χ2v) is 4.10. The van der Waals surface area contributed by atoms with Crippen LogP contribution in [-0.2, 0) is 11.3 Å². The van der Waals surface area contributed by atoms with Crippen LogP contribution in [-0.4, -0.2) is 11.9 Å². The Bertz CT molecular complexity index is 568. The highest BCUT2D eigenvalue weighted by molar-refractivity contribution is 6.31. The van der Waals surface area contributed by atoms with E-state index in [9.17, 15) is 0 Å². The number of nitrogens with two attached hydrogens (primary N) is 1. The largest absolute Gasteiger partial charge is 0.466 e. The molecule has 1 aromatic heterocycles. The molecule has 88 valence electrons. The van der Waals surface area contributed by atoms with Crippen LogP contribution in [0.1, 0.15) is 5.56 Å². The van der Waals surface area contributed by atoms with E-state index in [0.717, 1.165) is 11.1 Å². The average molecular weight is 253 g/mol.